The van der Waals surface area contributed by atoms with Crippen molar-refractivity contribution in [1.82, 2.24) is 0 Å². The molecular formula is C4H11OPS. The van der Waals surface area contributed by atoms with Crippen LogP contribution in [0.4, 0.5) is 0 Å². The molecule has 0 aliphatic carbocycles. The molecule has 0 fully saturated rings. The lowest BCUT2D eigenvalue weighted by atomic mass is 10.9. The van der Waals surface area contributed by atoms with E-state index in [2.05, 4.69) is 0 Å². The Balaban J connectivity index is 3.36. The first-order valence-corrected chi connectivity index (χ1v) is 6.09. The molecule has 0 aromatic carbocycles. The molecule has 0 aliphatic heterocycles. The van der Waals surface area contributed by atoms with Crippen LogP contribution >= 0.6 is 6.04 Å². The van der Waals surface area contributed by atoms with Crippen LogP contribution in [0.25, 0.3) is 0 Å². The summed E-state index contributed by atoms with van der Waals surface area (Å²) in [6, 6.07) is -1.08. The third-order valence-corrected chi connectivity index (χ3v) is 2.46. The van der Waals surface area contributed by atoms with Crippen LogP contribution in [0.3, 0.4) is 0 Å². The third-order valence-electron chi connectivity index (χ3n) is 0.639. The van der Waals surface area contributed by atoms with Gasteiger partial charge < -0.3 is 5.11 Å². The molecule has 0 heterocycles. The number of hydrogen-bond donors (Lipinski definition) is 1. The van der Waals surface area contributed by atoms with Crippen molar-refractivity contribution in [2.45, 2.75) is 0 Å². The Kier molecular flexibility index (Phi) is 3.05. The van der Waals surface area contributed by atoms with E-state index < -0.39 is 6.04 Å². The van der Waals surface area contributed by atoms with Gasteiger partial charge in [0.15, 0.2) is 0 Å². The van der Waals surface area contributed by atoms with Gasteiger partial charge in [0.1, 0.15) is 0 Å². The molecule has 0 bridgehead atoms. The van der Waals surface area contributed by atoms with Crippen LogP contribution in [0.1, 0.15) is 0 Å². The first-order chi connectivity index (χ1) is 3.06. The van der Waals surface area contributed by atoms with Gasteiger partial charge in [-0.05, 0) is 25.5 Å². The highest BCUT2D eigenvalue weighted by molar-refractivity contribution is 8.14. The molecule has 0 saturated heterocycles. The zero-order chi connectivity index (χ0) is 5.91. The van der Waals surface area contributed by atoms with Gasteiger partial charge in [-0.15, -0.1) is 0 Å². The molecule has 0 radical (unpaired) electrons. The summed E-state index contributed by atoms with van der Waals surface area (Å²) >= 11 is 5.04. The lowest BCUT2D eigenvalue weighted by molar-refractivity contribution is 0.321. The first-order valence-electron chi connectivity index (χ1n) is 2.21. The van der Waals surface area contributed by atoms with E-state index in [4.69, 9.17) is 16.9 Å². The van der Waals surface area contributed by atoms with Crippen LogP contribution < -0.4 is 0 Å². The van der Waals surface area contributed by atoms with Gasteiger partial charge in [-0.3, -0.25) is 0 Å². The summed E-state index contributed by atoms with van der Waals surface area (Å²) in [5.41, 5.74) is 0. The van der Waals surface area contributed by atoms with Crippen molar-refractivity contribution in [2.75, 3.05) is 26.1 Å². The Labute approximate surface area is 49.7 Å². The minimum atomic E-state index is -1.08. The van der Waals surface area contributed by atoms with Gasteiger partial charge in [-0.1, -0.05) is 11.8 Å². The molecule has 0 saturated carbocycles. The van der Waals surface area contributed by atoms with Gasteiger partial charge in [0.25, 0.3) is 0 Å². The van der Waals surface area contributed by atoms with Crippen LogP contribution in [0, 0.1) is 0 Å². The fourth-order valence-corrected chi connectivity index (χ4v) is 0.967. The van der Waals surface area contributed by atoms with Crippen molar-refractivity contribution in [3.63, 3.8) is 0 Å². The highest BCUT2D eigenvalue weighted by Crippen LogP contribution is 2.34. The van der Waals surface area contributed by atoms with E-state index in [1.165, 1.54) is 0 Å². The maximum Gasteiger partial charge on any atom is 0.0477 e. The molecule has 1 N–H and O–H groups in total. The average molecular weight is 138 g/mol. The smallest absolute Gasteiger partial charge is 0.0477 e. The van der Waals surface area contributed by atoms with Gasteiger partial charge in [0, 0.05) is 6.61 Å². The summed E-state index contributed by atoms with van der Waals surface area (Å²) in [6.07, 6.45) is 0.822. The van der Waals surface area contributed by atoms with Crippen LogP contribution in [-0.4, -0.2) is 31.2 Å². The number of aliphatic hydroxyl groups is 1. The molecule has 0 amide bonds. The highest BCUT2D eigenvalue weighted by Gasteiger charge is 1.97. The van der Waals surface area contributed by atoms with Crippen LogP contribution in [0.5, 0.6) is 0 Å². The zero-order valence-corrected chi connectivity index (χ0v) is 6.43. The van der Waals surface area contributed by atoms with E-state index in [-0.39, 0.29) is 6.61 Å². The highest BCUT2D eigenvalue weighted by atomic mass is 32.4. The van der Waals surface area contributed by atoms with Gasteiger partial charge in [-0.2, -0.15) is 0 Å². The molecule has 7 heavy (non-hydrogen) atoms. The summed E-state index contributed by atoms with van der Waals surface area (Å²) in [5, 5.41) is 8.36. The summed E-state index contributed by atoms with van der Waals surface area (Å²) < 4.78 is 0. The monoisotopic (exact) mass is 138 g/mol. The molecule has 0 spiro atoms. The Morgan fingerprint density at radius 3 is 2.00 bits per heavy atom. The van der Waals surface area contributed by atoms with E-state index in [1.54, 1.807) is 0 Å². The Hall–Kier alpha value is 0.610. The predicted molar refractivity (Wildman–Crippen MR) is 38.1 cm³/mol. The first kappa shape index (κ1) is 7.61. The van der Waals surface area contributed by atoms with Gasteiger partial charge in [0.2, 0.25) is 0 Å². The Bertz CT molecular complexity index is 85.7. The quantitative estimate of drug-likeness (QED) is 0.567. The van der Waals surface area contributed by atoms with Crippen LogP contribution in [-0.2, 0) is 11.8 Å². The largest absolute Gasteiger partial charge is 0.396 e. The maximum atomic E-state index is 8.36. The second-order valence-corrected chi connectivity index (χ2v) is 8.58. The van der Waals surface area contributed by atoms with Crippen molar-refractivity contribution in [3.8, 4) is 0 Å². The van der Waals surface area contributed by atoms with E-state index in [9.17, 15) is 0 Å². The third kappa shape index (κ3) is 6.61. The molecule has 0 aromatic heterocycles. The second-order valence-electron chi connectivity index (χ2n) is 2.02. The van der Waals surface area contributed by atoms with Crippen molar-refractivity contribution < 1.29 is 5.11 Å². The average Bonchev–Trinajstić information content (AvgIpc) is 1.30. The minimum absolute atomic E-state index is 0.254. The van der Waals surface area contributed by atoms with Crippen molar-refractivity contribution >= 4 is 17.8 Å². The Morgan fingerprint density at radius 1 is 1.57 bits per heavy atom. The van der Waals surface area contributed by atoms with Gasteiger partial charge in [-0.25, -0.2) is 0 Å². The predicted octanol–water partition coefficient (Wildman–Crippen LogP) is 0.718. The SMILES string of the molecule is CP(C)(=S)CCO. The fraction of sp³-hybridized carbons (Fsp3) is 1.00. The van der Waals surface area contributed by atoms with E-state index >= 15 is 0 Å². The summed E-state index contributed by atoms with van der Waals surface area (Å²) in [6.45, 7) is 4.33. The molecule has 0 atom stereocenters. The van der Waals surface area contributed by atoms with Crippen LogP contribution in [0.15, 0.2) is 0 Å². The molecule has 44 valence electrons. The molecule has 0 rings (SSSR count). The number of aliphatic hydroxyl groups excluding tert-OH is 1. The zero-order valence-electron chi connectivity index (χ0n) is 4.72. The second kappa shape index (κ2) is 2.81. The molecule has 3 heteroatoms. The summed E-state index contributed by atoms with van der Waals surface area (Å²) in [5.74, 6) is 0. The number of rotatable bonds is 2. The van der Waals surface area contributed by atoms with Crippen LogP contribution in [0.2, 0.25) is 0 Å². The molecule has 0 aromatic rings. The maximum absolute atomic E-state index is 8.36. The van der Waals surface area contributed by atoms with E-state index in [0.717, 1.165) is 6.16 Å². The lowest BCUT2D eigenvalue weighted by Gasteiger charge is -2.04. The number of hydrogen-bond acceptors (Lipinski definition) is 2. The van der Waals surface area contributed by atoms with E-state index in [1.807, 2.05) is 13.3 Å². The normalized spacial score (nSPS) is 11.9. The fourth-order valence-electron chi connectivity index (χ4n) is 0.241. The topological polar surface area (TPSA) is 20.2 Å². The summed E-state index contributed by atoms with van der Waals surface area (Å²) in [7, 11) is 0. The lowest BCUT2D eigenvalue weighted by Crippen LogP contribution is -1.90. The minimum Gasteiger partial charge on any atom is -0.396 e. The molecular weight excluding hydrogens is 127 g/mol. The molecule has 0 aliphatic rings. The van der Waals surface area contributed by atoms with Crippen molar-refractivity contribution in [1.29, 1.82) is 0 Å². The molecule has 0 unspecified atom stereocenters. The van der Waals surface area contributed by atoms with E-state index in [0.29, 0.717) is 0 Å². The van der Waals surface area contributed by atoms with Crippen molar-refractivity contribution in [2.24, 2.45) is 0 Å². The Morgan fingerprint density at radius 2 is 2.00 bits per heavy atom. The van der Waals surface area contributed by atoms with Crippen molar-refractivity contribution in [3.05, 3.63) is 0 Å². The standard InChI is InChI=1S/C4H11OPS/c1-6(2,7)4-3-5/h5H,3-4H2,1-2H3. The van der Waals surface area contributed by atoms with Gasteiger partial charge in [0.05, 0.1) is 0 Å². The molecule has 1 nitrogen and oxygen atoms in total. The van der Waals surface area contributed by atoms with Gasteiger partial charge >= 0.3 is 0 Å². The summed E-state index contributed by atoms with van der Waals surface area (Å²) in [4.78, 5) is 0.